The summed E-state index contributed by atoms with van der Waals surface area (Å²) in [6, 6.07) is 15.1. The number of benzene rings is 2. The van der Waals surface area contributed by atoms with Gasteiger partial charge in [0, 0.05) is 15.5 Å². The van der Waals surface area contributed by atoms with Crippen molar-refractivity contribution in [3.05, 3.63) is 53.0 Å². The Kier molecular flexibility index (Phi) is 4.38. The SMILES string of the molecule is O=C(O)CNc1nc(Nc2ccc(Br)cc2)nc2ccccc12. The Morgan fingerprint density at radius 1 is 1.09 bits per heavy atom. The summed E-state index contributed by atoms with van der Waals surface area (Å²) < 4.78 is 0.978. The summed E-state index contributed by atoms with van der Waals surface area (Å²) >= 11 is 3.38. The van der Waals surface area contributed by atoms with Crippen LogP contribution in [0, 0.1) is 0 Å². The lowest BCUT2D eigenvalue weighted by atomic mass is 10.2. The van der Waals surface area contributed by atoms with Crippen molar-refractivity contribution in [1.82, 2.24) is 9.97 Å². The predicted octanol–water partition coefficient (Wildman–Crippen LogP) is 3.63. The number of hydrogen-bond donors (Lipinski definition) is 3. The van der Waals surface area contributed by atoms with E-state index in [0.717, 1.165) is 21.1 Å². The highest BCUT2D eigenvalue weighted by atomic mass is 79.9. The lowest BCUT2D eigenvalue weighted by molar-refractivity contribution is -0.134. The van der Waals surface area contributed by atoms with Crippen molar-refractivity contribution in [3.8, 4) is 0 Å². The van der Waals surface area contributed by atoms with E-state index in [2.05, 4.69) is 36.5 Å². The first-order valence-corrected chi connectivity index (χ1v) is 7.66. The Bertz CT molecular complexity index is 852. The van der Waals surface area contributed by atoms with Crippen molar-refractivity contribution in [2.75, 3.05) is 17.2 Å². The van der Waals surface area contributed by atoms with Crippen LogP contribution in [0.15, 0.2) is 53.0 Å². The number of nitrogens with zero attached hydrogens (tertiary/aromatic N) is 2. The van der Waals surface area contributed by atoms with Gasteiger partial charge in [0.25, 0.3) is 0 Å². The van der Waals surface area contributed by atoms with E-state index < -0.39 is 5.97 Å². The van der Waals surface area contributed by atoms with E-state index in [4.69, 9.17) is 5.11 Å². The van der Waals surface area contributed by atoms with Gasteiger partial charge in [0.1, 0.15) is 12.4 Å². The number of aromatic nitrogens is 2. The van der Waals surface area contributed by atoms with Gasteiger partial charge in [-0.2, -0.15) is 4.98 Å². The molecule has 3 aromatic rings. The Labute approximate surface area is 140 Å². The summed E-state index contributed by atoms with van der Waals surface area (Å²) in [7, 11) is 0. The molecule has 0 unspecified atom stereocenters. The second-order valence-corrected chi connectivity index (χ2v) is 5.71. The third-order valence-corrected chi connectivity index (χ3v) is 3.64. The molecule has 116 valence electrons. The minimum absolute atomic E-state index is 0.210. The number of aliphatic carboxylic acids is 1. The maximum Gasteiger partial charge on any atom is 0.322 e. The summed E-state index contributed by atoms with van der Waals surface area (Å²) in [5.41, 5.74) is 1.57. The molecule has 0 aliphatic carbocycles. The van der Waals surface area contributed by atoms with Gasteiger partial charge in [-0.3, -0.25) is 4.79 Å². The summed E-state index contributed by atoms with van der Waals surface area (Å²) in [6.45, 7) is -0.210. The van der Waals surface area contributed by atoms with E-state index in [0.29, 0.717) is 11.8 Å². The highest BCUT2D eigenvalue weighted by molar-refractivity contribution is 9.10. The second-order valence-electron chi connectivity index (χ2n) is 4.79. The first-order chi connectivity index (χ1) is 11.1. The van der Waals surface area contributed by atoms with Crippen molar-refractivity contribution >= 4 is 50.3 Å². The van der Waals surface area contributed by atoms with E-state index in [-0.39, 0.29) is 6.54 Å². The van der Waals surface area contributed by atoms with Crippen LogP contribution in [0.4, 0.5) is 17.5 Å². The van der Waals surface area contributed by atoms with Gasteiger partial charge in [0.05, 0.1) is 5.52 Å². The van der Waals surface area contributed by atoms with Crippen LogP contribution in [0.2, 0.25) is 0 Å². The first kappa shape index (κ1) is 15.2. The molecule has 0 bridgehead atoms. The highest BCUT2D eigenvalue weighted by Gasteiger charge is 2.08. The van der Waals surface area contributed by atoms with Crippen LogP contribution < -0.4 is 10.6 Å². The van der Waals surface area contributed by atoms with Crippen LogP contribution >= 0.6 is 15.9 Å². The molecule has 6 nitrogen and oxygen atoms in total. The minimum Gasteiger partial charge on any atom is -0.480 e. The summed E-state index contributed by atoms with van der Waals surface area (Å²) in [5, 5.41) is 15.6. The van der Waals surface area contributed by atoms with E-state index in [1.54, 1.807) is 0 Å². The molecule has 0 spiro atoms. The van der Waals surface area contributed by atoms with E-state index >= 15 is 0 Å². The minimum atomic E-state index is -0.949. The Hall–Kier alpha value is -2.67. The van der Waals surface area contributed by atoms with Crippen LogP contribution in [0.1, 0.15) is 0 Å². The topological polar surface area (TPSA) is 87.1 Å². The van der Waals surface area contributed by atoms with E-state index in [1.807, 2.05) is 48.5 Å². The van der Waals surface area contributed by atoms with Gasteiger partial charge >= 0.3 is 5.97 Å². The highest BCUT2D eigenvalue weighted by Crippen LogP contribution is 2.24. The van der Waals surface area contributed by atoms with Crippen LogP contribution in [-0.4, -0.2) is 27.6 Å². The van der Waals surface area contributed by atoms with Crippen molar-refractivity contribution in [2.45, 2.75) is 0 Å². The van der Waals surface area contributed by atoms with Gasteiger partial charge in [-0.1, -0.05) is 28.1 Å². The van der Waals surface area contributed by atoms with Gasteiger partial charge < -0.3 is 15.7 Å². The average Bonchev–Trinajstić information content (AvgIpc) is 2.54. The molecule has 7 heteroatoms. The van der Waals surface area contributed by atoms with Crippen LogP contribution in [0.25, 0.3) is 10.9 Å². The smallest absolute Gasteiger partial charge is 0.322 e. The van der Waals surface area contributed by atoms with Gasteiger partial charge in [0.2, 0.25) is 5.95 Å². The van der Waals surface area contributed by atoms with Gasteiger partial charge in [-0.15, -0.1) is 0 Å². The number of carboxylic acids is 1. The molecule has 0 aliphatic rings. The quantitative estimate of drug-likeness (QED) is 0.633. The number of anilines is 3. The van der Waals surface area contributed by atoms with Crippen molar-refractivity contribution in [2.24, 2.45) is 0 Å². The van der Waals surface area contributed by atoms with Crippen molar-refractivity contribution in [3.63, 3.8) is 0 Å². The Morgan fingerprint density at radius 3 is 2.57 bits per heavy atom. The zero-order chi connectivity index (χ0) is 16.2. The molecule has 0 atom stereocenters. The largest absolute Gasteiger partial charge is 0.480 e. The van der Waals surface area contributed by atoms with Crippen molar-refractivity contribution < 1.29 is 9.90 Å². The number of halogens is 1. The number of carboxylic acid groups (broad SMARTS) is 1. The molecule has 0 saturated heterocycles. The summed E-state index contributed by atoms with van der Waals surface area (Å²) in [6.07, 6.45) is 0. The molecule has 0 radical (unpaired) electrons. The summed E-state index contributed by atoms with van der Waals surface area (Å²) in [4.78, 5) is 19.6. The molecule has 0 saturated carbocycles. The van der Waals surface area contributed by atoms with Gasteiger partial charge in [-0.25, -0.2) is 4.98 Å². The monoisotopic (exact) mass is 372 g/mol. The second kappa shape index (κ2) is 6.62. The third kappa shape index (κ3) is 3.75. The number of hydrogen-bond acceptors (Lipinski definition) is 5. The van der Waals surface area contributed by atoms with Crippen LogP contribution in [-0.2, 0) is 4.79 Å². The molecule has 0 aliphatic heterocycles. The number of para-hydroxylation sites is 1. The molecule has 1 heterocycles. The molecule has 0 fully saturated rings. The first-order valence-electron chi connectivity index (χ1n) is 6.87. The van der Waals surface area contributed by atoms with E-state index in [1.165, 1.54) is 0 Å². The fourth-order valence-corrected chi connectivity index (χ4v) is 2.35. The molecule has 23 heavy (non-hydrogen) atoms. The number of fused-ring (bicyclic) bond motifs is 1. The fourth-order valence-electron chi connectivity index (χ4n) is 2.09. The van der Waals surface area contributed by atoms with Crippen molar-refractivity contribution in [1.29, 1.82) is 0 Å². The molecule has 0 amide bonds. The molecule has 3 N–H and O–H groups in total. The van der Waals surface area contributed by atoms with Gasteiger partial charge in [-0.05, 0) is 36.4 Å². The zero-order valence-corrected chi connectivity index (χ0v) is 13.5. The lowest BCUT2D eigenvalue weighted by Crippen LogP contribution is -2.14. The normalized spacial score (nSPS) is 10.5. The zero-order valence-electron chi connectivity index (χ0n) is 12.0. The molecule has 3 rings (SSSR count). The van der Waals surface area contributed by atoms with Crippen LogP contribution in [0.5, 0.6) is 0 Å². The number of rotatable bonds is 5. The number of nitrogens with one attached hydrogen (secondary N) is 2. The molecule has 2 aromatic carbocycles. The third-order valence-electron chi connectivity index (χ3n) is 3.11. The fraction of sp³-hybridized carbons (Fsp3) is 0.0625. The lowest BCUT2D eigenvalue weighted by Gasteiger charge is -2.11. The van der Waals surface area contributed by atoms with Gasteiger partial charge in [0.15, 0.2) is 0 Å². The number of carbonyl (C=O) groups is 1. The molecular formula is C16H13BrN4O2. The maximum atomic E-state index is 10.8. The standard InChI is InChI=1S/C16H13BrN4O2/c17-10-5-7-11(8-6-10)19-16-20-13-4-2-1-3-12(13)15(21-16)18-9-14(22)23/h1-8H,9H2,(H,22,23)(H2,18,19,20,21). The van der Waals surface area contributed by atoms with Crippen LogP contribution in [0.3, 0.4) is 0 Å². The van der Waals surface area contributed by atoms with E-state index in [9.17, 15) is 4.79 Å². The summed E-state index contributed by atoms with van der Waals surface area (Å²) in [5.74, 6) is -0.0633. The molecule has 1 aromatic heterocycles. The Morgan fingerprint density at radius 2 is 1.83 bits per heavy atom. The average molecular weight is 373 g/mol. The maximum absolute atomic E-state index is 10.8. The molecular weight excluding hydrogens is 360 g/mol. The predicted molar refractivity (Wildman–Crippen MR) is 93.1 cm³/mol. The Balaban J connectivity index is 1.96.